The lowest BCUT2D eigenvalue weighted by Crippen LogP contribution is -2.23. The molecule has 1 N–H and O–H groups in total. The molecule has 0 aromatic carbocycles. The normalized spacial score (nSPS) is 16.7. The average Bonchev–Trinajstić information content (AvgIpc) is 1.80. The maximum Gasteiger partial charge on any atom is 0.0719 e. The van der Waals surface area contributed by atoms with Crippen LogP contribution in [-0.2, 0) is 0 Å². The summed E-state index contributed by atoms with van der Waals surface area (Å²) in [6.45, 7) is 10.8. The van der Waals surface area contributed by atoms with Crippen LogP contribution in [0.3, 0.4) is 0 Å². The molecule has 0 saturated heterocycles. The van der Waals surface area contributed by atoms with Crippen molar-refractivity contribution in [3.05, 3.63) is 11.6 Å². The Bertz CT molecular complexity index is 142. The Hall–Kier alpha value is -0.0831. The van der Waals surface area contributed by atoms with E-state index in [1.165, 1.54) is 5.57 Å². The molecular weight excluding hydrogens is 152 g/mol. The van der Waals surface area contributed by atoms with Crippen LogP contribution >= 0.6 is 0 Å². The SMILES string of the molecule is C/C=C(/C[Si](C)(C)C)C(C)O. The Morgan fingerprint density at radius 1 is 1.45 bits per heavy atom. The van der Waals surface area contributed by atoms with E-state index in [4.69, 9.17) is 0 Å². The van der Waals surface area contributed by atoms with Crippen LogP contribution in [0.2, 0.25) is 25.7 Å². The summed E-state index contributed by atoms with van der Waals surface area (Å²) in [5.41, 5.74) is 1.20. The van der Waals surface area contributed by atoms with Crippen molar-refractivity contribution in [1.29, 1.82) is 0 Å². The summed E-state index contributed by atoms with van der Waals surface area (Å²) in [6.07, 6.45) is 1.79. The first-order chi connectivity index (χ1) is 4.87. The summed E-state index contributed by atoms with van der Waals surface area (Å²) in [7, 11) is -1.03. The van der Waals surface area contributed by atoms with Gasteiger partial charge in [0.25, 0.3) is 0 Å². The molecule has 0 aromatic heterocycles. The zero-order valence-corrected chi connectivity index (χ0v) is 9.31. The summed E-state index contributed by atoms with van der Waals surface area (Å²) < 4.78 is 0. The smallest absolute Gasteiger partial charge is 0.0719 e. The maximum absolute atomic E-state index is 9.33. The molecule has 0 spiro atoms. The Morgan fingerprint density at radius 3 is 2.00 bits per heavy atom. The van der Waals surface area contributed by atoms with Crippen LogP contribution in [0, 0.1) is 0 Å². The lowest BCUT2D eigenvalue weighted by molar-refractivity contribution is 0.231. The number of aliphatic hydroxyl groups is 1. The minimum Gasteiger partial charge on any atom is -0.389 e. The molecule has 2 heteroatoms. The van der Waals surface area contributed by atoms with Crippen molar-refractivity contribution in [2.45, 2.75) is 45.6 Å². The third-order valence-corrected chi connectivity index (χ3v) is 3.11. The Labute approximate surface area is 71.1 Å². The van der Waals surface area contributed by atoms with Crippen molar-refractivity contribution in [2.24, 2.45) is 0 Å². The van der Waals surface area contributed by atoms with Crippen LogP contribution in [-0.4, -0.2) is 19.3 Å². The molecule has 0 amide bonds. The number of aliphatic hydroxyl groups excluding tert-OH is 1. The monoisotopic (exact) mass is 172 g/mol. The highest BCUT2D eigenvalue weighted by molar-refractivity contribution is 6.76. The largest absolute Gasteiger partial charge is 0.389 e. The molecule has 0 saturated carbocycles. The molecule has 0 aliphatic heterocycles. The molecule has 1 atom stereocenters. The van der Waals surface area contributed by atoms with E-state index in [0.29, 0.717) is 0 Å². The van der Waals surface area contributed by atoms with E-state index in [2.05, 4.69) is 19.6 Å². The van der Waals surface area contributed by atoms with Gasteiger partial charge in [-0.25, -0.2) is 0 Å². The number of rotatable bonds is 3. The van der Waals surface area contributed by atoms with Crippen LogP contribution < -0.4 is 0 Å². The molecule has 0 aliphatic carbocycles. The second kappa shape index (κ2) is 4.07. The van der Waals surface area contributed by atoms with Gasteiger partial charge in [-0.05, 0) is 25.5 Å². The van der Waals surface area contributed by atoms with Crippen molar-refractivity contribution >= 4 is 8.07 Å². The highest BCUT2D eigenvalue weighted by atomic mass is 28.3. The molecule has 0 aliphatic rings. The fraction of sp³-hybridized carbons (Fsp3) is 0.778. The van der Waals surface area contributed by atoms with Crippen molar-refractivity contribution in [1.82, 2.24) is 0 Å². The van der Waals surface area contributed by atoms with Gasteiger partial charge < -0.3 is 5.11 Å². The van der Waals surface area contributed by atoms with E-state index in [0.717, 1.165) is 6.04 Å². The number of hydrogen-bond donors (Lipinski definition) is 1. The Balaban J connectivity index is 4.12. The Kier molecular flexibility index (Phi) is 4.04. The van der Waals surface area contributed by atoms with E-state index in [-0.39, 0.29) is 6.10 Å². The van der Waals surface area contributed by atoms with Crippen LogP contribution in [0.5, 0.6) is 0 Å². The van der Waals surface area contributed by atoms with E-state index < -0.39 is 8.07 Å². The second-order valence-corrected chi connectivity index (χ2v) is 9.75. The molecule has 1 unspecified atom stereocenters. The first kappa shape index (κ1) is 10.9. The van der Waals surface area contributed by atoms with E-state index in [9.17, 15) is 5.11 Å². The standard InChI is InChI=1S/C9H20OSi/c1-6-9(8(2)10)7-11(3,4)5/h6,8,10H,7H2,1-5H3/b9-6-. The van der Waals surface area contributed by atoms with E-state index in [1.54, 1.807) is 0 Å². The molecule has 0 rings (SSSR count). The van der Waals surface area contributed by atoms with Crippen LogP contribution in [0.1, 0.15) is 13.8 Å². The highest BCUT2D eigenvalue weighted by Gasteiger charge is 2.17. The second-order valence-electron chi connectivity index (χ2n) is 4.28. The fourth-order valence-electron chi connectivity index (χ4n) is 1.10. The molecule has 1 nitrogen and oxygen atoms in total. The van der Waals surface area contributed by atoms with Crippen molar-refractivity contribution < 1.29 is 5.11 Å². The molecule has 0 bridgehead atoms. The summed E-state index contributed by atoms with van der Waals surface area (Å²) in [6, 6.07) is 1.11. The number of hydrogen-bond acceptors (Lipinski definition) is 1. The molecule has 66 valence electrons. The van der Waals surface area contributed by atoms with Crippen molar-refractivity contribution in [3.63, 3.8) is 0 Å². The van der Waals surface area contributed by atoms with Crippen molar-refractivity contribution in [3.8, 4) is 0 Å². The average molecular weight is 172 g/mol. The molecule has 0 radical (unpaired) electrons. The van der Waals surface area contributed by atoms with Gasteiger partial charge in [-0.2, -0.15) is 0 Å². The van der Waals surface area contributed by atoms with Gasteiger partial charge >= 0.3 is 0 Å². The minimum atomic E-state index is -1.03. The van der Waals surface area contributed by atoms with Crippen LogP contribution in [0.25, 0.3) is 0 Å². The topological polar surface area (TPSA) is 20.2 Å². The Morgan fingerprint density at radius 2 is 1.91 bits per heavy atom. The predicted molar refractivity (Wildman–Crippen MR) is 53.6 cm³/mol. The van der Waals surface area contributed by atoms with Gasteiger partial charge in [0.05, 0.1) is 6.10 Å². The number of allylic oxidation sites excluding steroid dienone is 1. The zero-order chi connectivity index (χ0) is 9.07. The van der Waals surface area contributed by atoms with E-state index >= 15 is 0 Å². The zero-order valence-electron chi connectivity index (χ0n) is 8.31. The third kappa shape index (κ3) is 5.22. The quantitative estimate of drug-likeness (QED) is 0.512. The maximum atomic E-state index is 9.33. The minimum absolute atomic E-state index is 0.258. The first-order valence-corrected chi connectivity index (χ1v) is 7.90. The van der Waals surface area contributed by atoms with Gasteiger partial charge in [-0.3, -0.25) is 0 Å². The summed E-state index contributed by atoms with van der Waals surface area (Å²) >= 11 is 0. The molecule has 0 heterocycles. The molecule has 0 fully saturated rings. The molecule has 11 heavy (non-hydrogen) atoms. The van der Waals surface area contributed by atoms with Gasteiger partial charge in [0, 0.05) is 8.07 Å². The van der Waals surface area contributed by atoms with Gasteiger partial charge in [0.2, 0.25) is 0 Å². The summed E-state index contributed by atoms with van der Waals surface area (Å²) in [5.74, 6) is 0. The predicted octanol–water partition coefficient (Wildman–Crippen LogP) is 2.65. The van der Waals surface area contributed by atoms with Crippen LogP contribution in [0.4, 0.5) is 0 Å². The molecular formula is C9H20OSi. The van der Waals surface area contributed by atoms with E-state index in [1.807, 2.05) is 19.9 Å². The third-order valence-electron chi connectivity index (χ3n) is 1.64. The van der Waals surface area contributed by atoms with Gasteiger partial charge in [0.1, 0.15) is 0 Å². The van der Waals surface area contributed by atoms with Gasteiger partial charge in [0.15, 0.2) is 0 Å². The van der Waals surface area contributed by atoms with Gasteiger partial charge in [-0.15, -0.1) is 0 Å². The highest BCUT2D eigenvalue weighted by Crippen LogP contribution is 2.18. The lowest BCUT2D eigenvalue weighted by Gasteiger charge is -2.19. The summed E-state index contributed by atoms with van der Waals surface area (Å²) in [5, 5.41) is 9.33. The summed E-state index contributed by atoms with van der Waals surface area (Å²) in [4.78, 5) is 0. The van der Waals surface area contributed by atoms with Crippen LogP contribution in [0.15, 0.2) is 11.6 Å². The molecule has 0 aromatic rings. The van der Waals surface area contributed by atoms with Gasteiger partial charge in [-0.1, -0.05) is 25.7 Å². The van der Waals surface area contributed by atoms with Crippen molar-refractivity contribution in [2.75, 3.05) is 0 Å². The fourth-order valence-corrected chi connectivity index (χ4v) is 2.83. The first-order valence-electron chi connectivity index (χ1n) is 4.20. The lowest BCUT2D eigenvalue weighted by atomic mass is 10.2.